The first-order chi connectivity index (χ1) is 6.77. The third kappa shape index (κ3) is 1.30. The predicted molar refractivity (Wildman–Crippen MR) is 60.8 cm³/mol. The maximum atomic E-state index is 5.75. The first-order valence-corrected chi connectivity index (χ1v) is 5.31. The van der Waals surface area contributed by atoms with Crippen LogP contribution in [0.2, 0.25) is 0 Å². The molecular formula is C12H18N2. The molecule has 0 saturated carbocycles. The number of hydrogen-bond donors (Lipinski definition) is 1. The Balaban J connectivity index is 2.43. The van der Waals surface area contributed by atoms with Crippen molar-refractivity contribution in [1.29, 1.82) is 0 Å². The lowest BCUT2D eigenvalue weighted by Crippen LogP contribution is -2.35. The van der Waals surface area contributed by atoms with Crippen LogP contribution in [0.4, 0.5) is 5.69 Å². The number of benzene rings is 1. The first kappa shape index (κ1) is 9.53. The highest BCUT2D eigenvalue weighted by Gasteiger charge is 2.26. The predicted octanol–water partition coefficient (Wildman–Crippen LogP) is 1.57. The van der Waals surface area contributed by atoms with Crippen LogP contribution >= 0.6 is 0 Å². The summed E-state index contributed by atoms with van der Waals surface area (Å²) in [4.78, 5) is 2.34. The highest BCUT2D eigenvalue weighted by atomic mass is 15.2. The molecule has 0 fully saturated rings. The number of nitrogens with zero attached hydrogens (tertiary/aromatic N) is 1. The normalized spacial score (nSPS) is 19.9. The molecule has 2 rings (SSSR count). The molecule has 2 N–H and O–H groups in total. The third-order valence-electron chi connectivity index (χ3n) is 3.21. The molecule has 1 aromatic rings. The van der Waals surface area contributed by atoms with Crippen molar-refractivity contribution in [3.05, 3.63) is 29.3 Å². The van der Waals surface area contributed by atoms with E-state index in [4.69, 9.17) is 5.73 Å². The molecule has 76 valence electrons. The molecule has 1 unspecified atom stereocenters. The van der Waals surface area contributed by atoms with E-state index in [9.17, 15) is 0 Å². The molecule has 0 aliphatic carbocycles. The van der Waals surface area contributed by atoms with Gasteiger partial charge in [0, 0.05) is 25.3 Å². The zero-order valence-corrected chi connectivity index (χ0v) is 8.96. The second-order valence-electron chi connectivity index (χ2n) is 3.98. The van der Waals surface area contributed by atoms with E-state index in [-0.39, 0.29) is 0 Å². The molecule has 1 atom stereocenters. The van der Waals surface area contributed by atoms with Crippen LogP contribution in [0.15, 0.2) is 18.2 Å². The van der Waals surface area contributed by atoms with Gasteiger partial charge in [-0.1, -0.05) is 25.1 Å². The quantitative estimate of drug-likeness (QED) is 0.767. The van der Waals surface area contributed by atoms with Crippen molar-refractivity contribution in [3.63, 3.8) is 0 Å². The minimum absolute atomic E-state index is 0.498. The minimum atomic E-state index is 0.498. The molecule has 1 heterocycles. The average Bonchev–Trinajstić information content (AvgIpc) is 2.55. The lowest BCUT2D eigenvalue weighted by atomic mass is 10.0. The van der Waals surface area contributed by atoms with Gasteiger partial charge in [-0.05, 0) is 24.0 Å². The standard InChI is InChI=1S/C12H18N2/c1-3-9-5-4-6-10-7-11(8-13)14(2)12(9)10/h4-6,11H,3,7-8,13H2,1-2H3. The second kappa shape index (κ2) is 3.62. The Kier molecular flexibility index (Phi) is 2.46. The lowest BCUT2D eigenvalue weighted by molar-refractivity contribution is 0.674. The van der Waals surface area contributed by atoms with E-state index < -0.39 is 0 Å². The topological polar surface area (TPSA) is 29.3 Å². The number of likely N-dealkylation sites (N-methyl/N-ethyl adjacent to an activating group) is 1. The fraction of sp³-hybridized carbons (Fsp3) is 0.500. The van der Waals surface area contributed by atoms with Crippen LogP contribution in [0.3, 0.4) is 0 Å². The zero-order chi connectivity index (χ0) is 10.1. The summed E-state index contributed by atoms with van der Waals surface area (Å²) >= 11 is 0. The van der Waals surface area contributed by atoms with Gasteiger partial charge >= 0.3 is 0 Å². The SMILES string of the molecule is CCc1cccc2c1N(C)C(CN)C2. The smallest absolute Gasteiger partial charge is 0.0450 e. The fourth-order valence-electron chi connectivity index (χ4n) is 2.36. The summed E-state index contributed by atoms with van der Waals surface area (Å²) in [6, 6.07) is 7.09. The molecule has 0 spiro atoms. The van der Waals surface area contributed by atoms with Crippen molar-refractivity contribution >= 4 is 5.69 Å². The van der Waals surface area contributed by atoms with E-state index in [2.05, 4.69) is 37.1 Å². The Morgan fingerprint density at radius 1 is 1.50 bits per heavy atom. The van der Waals surface area contributed by atoms with E-state index in [1.807, 2.05) is 0 Å². The fourth-order valence-corrected chi connectivity index (χ4v) is 2.36. The highest BCUT2D eigenvalue weighted by molar-refractivity contribution is 5.64. The summed E-state index contributed by atoms with van der Waals surface area (Å²) in [5.41, 5.74) is 10.1. The maximum Gasteiger partial charge on any atom is 0.0450 e. The van der Waals surface area contributed by atoms with E-state index in [1.54, 1.807) is 0 Å². The molecular weight excluding hydrogens is 172 g/mol. The van der Waals surface area contributed by atoms with Gasteiger partial charge in [-0.2, -0.15) is 0 Å². The molecule has 0 amide bonds. The molecule has 1 aromatic carbocycles. The van der Waals surface area contributed by atoms with Crippen LogP contribution in [0.5, 0.6) is 0 Å². The number of hydrogen-bond acceptors (Lipinski definition) is 2. The maximum absolute atomic E-state index is 5.75. The summed E-state index contributed by atoms with van der Waals surface area (Å²) in [5, 5.41) is 0. The van der Waals surface area contributed by atoms with E-state index in [1.165, 1.54) is 16.8 Å². The van der Waals surface area contributed by atoms with E-state index in [0.29, 0.717) is 6.04 Å². The zero-order valence-electron chi connectivity index (χ0n) is 8.96. The van der Waals surface area contributed by atoms with Gasteiger partial charge in [0.25, 0.3) is 0 Å². The van der Waals surface area contributed by atoms with Crippen LogP contribution < -0.4 is 10.6 Å². The van der Waals surface area contributed by atoms with Crippen LogP contribution in [0, 0.1) is 0 Å². The van der Waals surface area contributed by atoms with Gasteiger partial charge in [0.15, 0.2) is 0 Å². The lowest BCUT2D eigenvalue weighted by Gasteiger charge is -2.22. The largest absolute Gasteiger partial charge is 0.370 e. The van der Waals surface area contributed by atoms with Crippen LogP contribution in [0.1, 0.15) is 18.1 Å². The summed E-state index contributed by atoms with van der Waals surface area (Å²) in [6.45, 7) is 2.95. The highest BCUT2D eigenvalue weighted by Crippen LogP contribution is 2.33. The molecule has 2 nitrogen and oxygen atoms in total. The summed E-state index contributed by atoms with van der Waals surface area (Å²) < 4.78 is 0. The van der Waals surface area contributed by atoms with E-state index in [0.717, 1.165) is 19.4 Å². The van der Waals surface area contributed by atoms with Crippen molar-refractivity contribution in [2.24, 2.45) is 5.73 Å². The minimum Gasteiger partial charge on any atom is -0.370 e. The Morgan fingerprint density at radius 3 is 2.93 bits per heavy atom. The molecule has 0 radical (unpaired) electrons. The second-order valence-corrected chi connectivity index (χ2v) is 3.98. The Bertz CT molecular complexity index is 333. The number of para-hydroxylation sites is 1. The van der Waals surface area contributed by atoms with Crippen molar-refractivity contribution in [3.8, 4) is 0 Å². The summed E-state index contributed by atoms with van der Waals surface area (Å²) in [6.07, 6.45) is 2.21. The van der Waals surface area contributed by atoms with Gasteiger partial charge in [-0.25, -0.2) is 0 Å². The number of nitrogens with two attached hydrogens (primary N) is 1. The van der Waals surface area contributed by atoms with Gasteiger partial charge in [0.1, 0.15) is 0 Å². The molecule has 1 aliphatic heterocycles. The van der Waals surface area contributed by atoms with Gasteiger partial charge in [0.05, 0.1) is 0 Å². The van der Waals surface area contributed by atoms with Crippen LogP contribution in [-0.4, -0.2) is 19.6 Å². The Labute approximate surface area is 85.7 Å². The van der Waals surface area contributed by atoms with Crippen LogP contribution in [0.25, 0.3) is 0 Å². The molecule has 0 bridgehead atoms. The Hall–Kier alpha value is -1.02. The molecule has 0 aromatic heterocycles. The van der Waals surface area contributed by atoms with Crippen molar-refractivity contribution in [2.75, 3.05) is 18.5 Å². The van der Waals surface area contributed by atoms with E-state index >= 15 is 0 Å². The summed E-state index contributed by atoms with van der Waals surface area (Å²) in [7, 11) is 2.16. The van der Waals surface area contributed by atoms with Crippen LogP contribution in [-0.2, 0) is 12.8 Å². The van der Waals surface area contributed by atoms with Crippen molar-refractivity contribution < 1.29 is 0 Å². The average molecular weight is 190 g/mol. The molecule has 0 saturated heterocycles. The number of rotatable bonds is 2. The van der Waals surface area contributed by atoms with Gasteiger partial charge in [-0.3, -0.25) is 0 Å². The first-order valence-electron chi connectivity index (χ1n) is 5.31. The van der Waals surface area contributed by atoms with Crippen molar-refractivity contribution in [1.82, 2.24) is 0 Å². The third-order valence-corrected chi connectivity index (χ3v) is 3.21. The van der Waals surface area contributed by atoms with Crippen molar-refractivity contribution in [2.45, 2.75) is 25.8 Å². The number of anilines is 1. The van der Waals surface area contributed by atoms with Gasteiger partial charge in [-0.15, -0.1) is 0 Å². The molecule has 2 heteroatoms. The van der Waals surface area contributed by atoms with Gasteiger partial charge in [0.2, 0.25) is 0 Å². The monoisotopic (exact) mass is 190 g/mol. The number of aryl methyl sites for hydroxylation is 1. The van der Waals surface area contributed by atoms with Gasteiger partial charge < -0.3 is 10.6 Å². The summed E-state index contributed by atoms with van der Waals surface area (Å²) in [5.74, 6) is 0. The number of fused-ring (bicyclic) bond motifs is 1. The molecule has 14 heavy (non-hydrogen) atoms. The molecule has 1 aliphatic rings. The Morgan fingerprint density at radius 2 is 2.29 bits per heavy atom.